The molecule has 212 valence electrons. The normalized spacial score (nSPS) is 13.5. The fourth-order valence-electron chi connectivity index (χ4n) is 4.66. The number of carbonyl (C=O) groups excluding carboxylic acids is 2. The predicted octanol–water partition coefficient (Wildman–Crippen LogP) is 5.98. The maximum absolute atomic E-state index is 13.9. The van der Waals surface area contributed by atoms with Crippen LogP contribution in [0.25, 0.3) is 22.3 Å². The van der Waals surface area contributed by atoms with Crippen molar-refractivity contribution in [2.45, 2.75) is 20.3 Å². The number of nitrogens with zero attached hydrogens (tertiary/aromatic N) is 2. The number of hydrogen-bond donors (Lipinski definition) is 0. The van der Waals surface area contributed by atoms with Crippen LogP contribution < -0.4 is 14.4 Å². The molecule has 4 aromatic rings. The Morgan fingerprint density at radius 1 is 1.00 bits per heavy atom. The second kappa shape index (κ2) is 12.1. The molecule has 2 heterocycles. The van der Waals surface area contributed by atoms with Gasteiger partial charge in [-0.1, -0.05) is 5.16 Å². The van der Waals surface area contributed by atoms with E-state index in [0.717, 1.165) is 0 Å². The molecular formula is C31H29FN2O7. The molecule has 0 N–H and O–H groups in total. The van der Waals surface area contributed by atoms with Gasteiger partial charge in [0.2, 0.25) is 0 Å². The van der Waals surface area contributed by atoms with Gasteiger partial charge in [0.05, 0.1) is 26.0 Å². The lowest BCUT2D eigenvalue weighted by Crippen LogP contribution is -2.31. The highest BCUT2D eigenvalue weighted by molar-refractivity contribution is 6.54. The number of halogens is 1. The van der Waals surface area contributed by atoms with Crippen molar-refractivity contribution in [1.82, 2.24) is 0 Å². The molecule has 0 saturated carbocycles. The lowest BCUT2D eigenvalue weighted by Gasteiger charge is -2.17. The number of esters is 1. The number of ether oxygens (including phenoxy) is 3. The van der Waals surface area contributed by atoms with E-state index in [1.165, 1.54) is 17.0 Å². The first-order valence-corrected chi connectivity index (χ1v) is 13.3. The van der Waals surface area contributed by atoms with Crippen molar-refractivity contribution in [1.29, 1.82) is 0 Å². The molecule has 5 rings (SSSR count). The number of carbonyl (C=O) groups is 2. The molecule has 9 nitrogen and oxygen atoms in total. The lowest BCUT2D eigenvalue weighted by atomic mass is 10.1. The molecule has 10 heteroatoms. The van der Waals surface area contributed by atoms with Gasteiger partial charge in [0.15, 0.2) is 5.71 Å². The van der Waals surface area contributed by atoms with Gasteiger partial charge in [-0.05, 0) is 80.9 Å². The van der Waals surface area contributed by atoms with Crippen molar-refractivity contribution < 1.29 is 37.4 Å². The standard InChI is InChI=1S/C31H29FN2O7/c1-4-38-31(36)27-24-18-22(12-14-26(24)41-29(27)19-7-10-21(37-3)11-8-19)39-16-6-15-34-25-13-9-20(32)17-23(25)28(30(34)35)33-40-5-2/h7-14,17-18H,4-6,15-16H2,1-3H3/b33-28+. The zero-order valence-corrected chi connectivity index (χ0v) is 22.9. The Morgan fingerprint density at radius 3 is 2.51 bits per heavy atom. The largest absolute Gasteiger partial charge is 0.497 e. The van der Waals surface area contributed by atoms with Crippen LogP contribution in [0.1, 0.15) is 36.2 Å². The number of furan rings is 1. The highest BCUT2D eigenvalue weighted by Gasteiger charge is 2.34. The minimum Gasteiger partial charge on any atom is -0.497 e. The molecular weight excluding hydrogens is 531 g/mol. The van der Waals surface area contributed by atoms with Crippen LogP contribution in [0.5, 0.6) is 11.5 Å². The van der Waals surface area contributed by atoms with Crippen molar-refractivity contribution in [2.75, 3.05) is 38.4 Å². The van der Waals surface area contributed by atoms with Crippen molar-refractivity contribution in [3.05, 3.63) is 77.6 Å². The molecule has 0 aliphatic carbocycles. The van der Waals surface area contributed by atoms with E-state index in [4.69, 9.17) is 23.5 Å². The molecule has 0 saturated heterocycles. The number of anilines is 1. The number of oxime groups is 1. The van der Waals surface area contributed by atoms with Crippen molar-refractivity contribution in [3.8, 4) is 22.8 Å². The summed E-state index contributed by atoms with van der Waals surface area (Å²) >= 11 is 0. The first kappa shape index (κ1) is 27.7. The predicted molar refractivity (Wildman–Crippen MR) is 151 cm³/mol. The second-order valence-electron chi connectivity index (χ2n) is 9.09. The summed E-state index contributed by atoms with van der Waals surface area (Å²) in [7, 11) is 1.58. The highest BCUT2D eigenvalue weighted by Crippen LogP contribution is 2.37. The molecule has 1 amide bonds. The number of amides is 1. The summed E-state index contributed by atoms with van der Waals surface area (Å²) in [5, 5.41) is 4.47. The average Bonchev–Trinajstić information content (AvgIpc) is 3.48. The minimum atomic E-state index is -0.499. The summed E-state index contributed by atoms with van der Waals surface area (Å²) < 4.78 is 36.5. The summed E-state index contributed by atoms with van der Waals surface area (Å²) in [4.78, 5) is 32.6. The minimum absolute atomic E-state index is 0.0758. The SMILES string of the molecule is CCO/N=C1/C(=O)N(CCCOc2ccc3oc(-c4ccc(OC)cc4)c(C(=O)OCC)c3c2)c2ccc(F)cc21. The van der Waals surface area contributed by atoms with Gasteiger partial charge in [0, 0.05) is 23.1 Å². The van der Waals surface area contributed by atoms with Crippen molar-refractivity contribution in [3.63, 3.8) is 0 Å². The average molecular weight is 561 g/mol. The first-order chi connectivity index (χ1) is 19.9. The van der Waals surface area contributed by atoms with Gasteiger partial charge < -0.3 is 28.4 Å². The molecule has 0 bridgehead atoms. The number of benzene rings is 3. The van der Waals surface area contributed by atoms with Gasteiger partial charge >= 0.3 is 5.97 Å². The van der Waals surface area contributed by atoms with E-state index in [-0.39, 0.29) is 31.4 Å². The summed E-state index contributed by atoms with van der Waals surface area (Å²) in [6.07, 6.45) is 0.482. The molecule has 0 radical (unpaired) electrons. The monoisotopic (exact) mass is 560 g/mol. The third kappa shape index (κ3) is 5.58. The Labute approximate surface area is 236 Å². The fraction of sp³-hybridized carbons (Fsp3) is 0.258. The highest BCUT2D eigenvalue weighted by atomic mass is 19.1. The van der Waals surface area contributed by atoms with E-state index in [9.17, 15) is 14.0 Å². The van der Waals surface area contributed by atoms with Crippen LogP contribution in [0.15, 0.2) is 70.2 Å². The molecule has 0 spiro atoms. The molecule has 1 aliphatic rings. The maximum Gasteiger partial charge on any atom is 0.342 e. The number of rotatable bonds is 11. The Bertz CT molecular complexity index is 1610. The van der Waals surface area contributed by atoms with Gasteiger partial charge in [0.1, 0.15) is 40.8 Å². The Kier molecular flexibility index (Phi) is 8.19. The van der Waals surface area contributed by atoms with Crippen LogP contribution >= 0.6 is 0 Å². The molecule has 1 aromatic heterocycles. The molecule has 0 atom stereocenters. The fourth-order valence-corrected chi connectivity index (χ4v) is 4.66. The van der Waals surface area contributed by atoms with Crippen LogP contribution in [0.4, 0.5) is 10.1 Å². The molecule has 0 unspecified atom stereocenters. The van der Waals surface area contributed by atoms with Gasteiger partial charge in [-0.3, -0.25) is 4.79 Å². The van der Waals surface area contributed by atoms with E-state index >= 15 is 0 Å². The summed E-state index contributed by atoms with van der Waals surface area (Å²) in [6.45, 7) is 4.60. The van der Waals surface area contributed by atoms with Crippen LogP contribution in [0.3, 0.4) is 0 Å². The van der Waals surface area contributed by atoms with Crippen molar-refractivity contribution >= 4 is 34.2 Å². The molecule has 1 aliphatic heterocycles. The molecule has 41 heavy (non-hydrogen) atoms. The third-order valence-corrected chi connectivity index (χ3v) is 6.52. The molecule has 3 aromatic carbocycles. The topological polar surface area (TPSA) is 99.8 Å². The second-order valence-corrected chi connectivity index (χ2v) is 9.09. The smallest absolute Gasteiger partial charge is 0.342 e. The summed E-state index contributed by atoms with van der Waals surface area (Å²) in [5.74, 6) is 0.287. The Morgan fingerprint density at radius 2 is 1.78 bits per heavy atom. The third-order valence-electron chi connectivity index (χ3n) is 6.52. The number of hydrogen-bond acceptors (Lipinski definition) is 8. The van der Waals surface area contributed by atoms with E-state index in [0.29, 0.717) is 63.6 Å². The number of methoxy groups -OCH3 is 1. The zero-order valence-electron chi connectivity index (χ0n) is 22.9. The van der Waals surface area contributed by atoms with Crippen LogP contribution in [0, 0.1) is 5.82 Å². The van der Waals surface area contributed by atoms with Gasteiger partial charge in [-0.15, -0.1) is 0 Å². The van der Waals surface area contributed by atoms with E-state index in [1.54, 1.807) is 57.4 Å². The summed E-state index contributed by atoms with van der Waals surface area (Å²) in [5.41, 5.74) is 2.57. The number of fused-ring (bicyclic) bond motifs is 2. The van der Waals surface area contributed by atoms with Crippen LogP contribution in [-0.2, 0) is 14.4 Å². The summed E-state index contributed by atoms with van der Waals surface area (Å²) in [6, 6.07) is 16.6. The maximum atomic E-state index is 13.9. The lowest BCUT2D eigenvalue weighted by molar-refractivity contribution is -0.112. The van der Waals surface area contributed by atoms with Gasteiger partial charge in [0.25, 0.3) is 5.91 Å². The van der Waals surface area contributed by atoms with E-state index in [2.05, 4.69) is 5.16 Å². The first-order valence-electron chi connectivity index (χ1n) is 13.3. The quantitative estimate of drug-likeness (QED) is 0.126. The van der Waals surface area contributed by atoms with Crippen LogP contribution in [0.2, 0.25) is 0 Å². The molecule has 0 fully saturated rings. The zero-order chi connectivity index (χ0) is 28.9. The van der Waals surface area contributed by atoms with Gasteiger partial charge in [-0.2, -0.15) is 0 Å². The van der Waals surface area contributed by atoms with Gasteiger partial charge in [-0.25, -0.2) is 9.18 Å². The van der Waals surface area contributed by atoms with Crippen LogP contribution in [-0.4, -0.2) is 51.1 Å². The Hall–Kier alpha value is -4.86. The van der Waals surface area contributed by atoms with Crippen molar-refractivity contribution in [2.24, 2.45) is 5.16 Å². The van der Waals surface area contributed by atoms with E-state index < -0.39 is 11.8 Å². The van der Waals surface area contributed by atoms with E-state index in [1.807, 2.05) is 12.1 Å². The Balaban J connectivity index is 1.33.